The summed E-state index contributed by atoms with van der Waals surface area (Å²) in [6.45, 7) is 3.57. The molecule has 0 saturated carbocycles. The molecular formula is C15H27N3O. The third kappa shape index (κ3) is 4.90. The van der Waals surface area contributed by atoms with E-state index in [4.69, 9.17) is 5.11 Å². The fourth-order valence-electron chi connectivity index (χ4n) is 2.78. The van der Waals surface area contributed by atoms with Crippen molar-refractivity contribution in [2.45, 2.75) is 32.2 Å². The number of nitrogens with one attached hydrogen (secondary N) is 1. The van der Waals surface area contributed by atoms with Gasteiger partial charge in [-0.2, -0.15) is 0 Å². The zero-order valence-electron chi connectivity index (χ0n) is 12.3. The fourth-order valence-corrected chi connectivity index (χ4v) is 2.78. The molecular weight excluding hydrogens is 238 g/mol. The molecule has 2 N–H and O–H groups in total. The lowest BCUT2D eigenvalue weighted by Gasteiger charge is -2.24. The Bertz CT molecular complexity index is 327. The molecule has 0 radical (unpaired) electrons. The van der Waals surface area contributed by atoms with E-state index in [0.717, 1.165) is 5.92 Å². The van der Waals surface area contributed by atoms with Crippen LogP contribution in [-0.4, -0.2) is 42.4 Å². The van der Waals surface area contributed by atoms with Gasteiger partial charge < -0.3 is 5.11 Å². The smallest absolute Gasteiger partial charge is 0.0929 e. The third-order valence-electron chi connectivity index (χ3n) is 3.62. The zero-order chi connectivity index (χ0) is 14.1. The standard InChI is InChI=1S/C13H20N2.C2H7NO/c1-3-5-11-7-9-15(2)13(11)12-6-4-8-14-10-12;1-3-2-4/h4,6,8,10-11,13H,3,5,7,9H2,1-2H3;3-4H,2H2,1H3/t11-,13-;/m1./s1. The number of aromatic nitrogens is 1. The third-order valence-corrected chi connectivity index (χ3v) is 3.62. The van der Waals surface area contributed by atoms with Crippen LogP contribution in [0.25, 0.3) is 0 Å². The lowest BCUT2D eigenvalue weighted by Crippen LogP contribution is -2.21. The van der Waals surface area contributed by atoms with Crippen molar-refractivity contribution in [2.24, 2.45) is 5.92 Å². The summed E-state index contributed by atoms with van der Waals surface area (Å²) in [5, 5.41) is 10.2. The predicted octanol–water partition coefficient (Wildman–Crippen LogP) is 2.03. The van der Waals surface area contributed by atoms with Crippen LogP contribution >= 0.6 is 0 Å². The average molecular weight is 265 g/mol. The van der Waals surface area contributed by atoms with E-state index < -0.39 is 0 Å². The number of aliphatic hydroxyl groups excluding tert-OH is 1. The maximum absolute atomic E-state index is 7.76. The maximum Gasteiger partial charge on any atom is 0.0929 e. The van der Waals surface area contributed by atoms with Crippen LogP contribution < -0.4 is 5.32 Å². The van der Waals surface area contributed by atoms with Crippen molar-refractivity contribution in [2.75, 3.05) is 27.4 Å². The molecule has 0 amide bonds. The summed E-state index contributed by atoms with van der Waals surface area (Å²) >= 11 is 0. The Morgan fingerprint density at radius 3 is 2.79 bits per heavy atom. The second kappa shape index (κ2) is 9.02. The normalized spacial score (nSPS) is 22.9. The zero-order valence-corrected chi connectivity index (χ0v) is 12.3. The van der Waals surface area contributed by atoms with Crippen LogP contribution in [0.15, 0.2) is 24.5 Å². The van der Waals surface area contributed by atoms with Crippen molar-refractivity contribution < 1.29 is 5.11 Å². The first-order chi connectivity index (χ1) is 9.24. The Kier molecular flexibility index (Phi) is 7.63. The highest BCUT2D eigenvalue weighted by Crippen LogP contribution is 2.38. The Morgan fingerprint density at radius 1 is 1.53 bits per heavy atom. The molecule has 0 spiro atoms. The fraction of sp³-hybridized carbons (Fsp3) is 0.667. The Balaban J connectivity index is 0.000000399. The molecule has 0 aliphatic carbocycles. The van der Waals surface area contributed by atoms with E-state index in [0.29, 0.717) is 6.04 Å². The predicted molar refractivity (Wildman–Crippen MR) is 78.8 cm³/mol. The van der Waals surface area contributed by atoms with E-state index in [2.05, 4.69) is 35.2 Å². The summed E-state index contributed by atoms with van der Waals surface area (Å²) in [6, 6.07) is 4.85. The van der Waals surface area contributed by atoms with Gasteiger partial charge in [-0.3, -0.25) is 15.2 Å². The van der Waals surface area contributed by atoms with E-state index in [-0.39, 0.29) is 6.73 Å². The Labute approximate surface area is 116 Å². The number of aliphatic hydroxyl groups is 1. The van der Waals surface area contributed by atoms with E-state index in [1.807, 2.05) is 18.5 Å². The van der Waals surface area contributed by atoms with Crippen LogP contribution in [0.1, 0.15) is 37.8 Å². The summed E-state index contributed by atoms with van der Waals surface area (Å²) in [6.07, 6.45) is 7.84. The van der Waals surface area contributed by atoms with E-state index in [9.17, 15) is 0 Å². The highest BCUT2D eigenvalue weighted by Gasteiger charge is 2.31. The van der Waals surface area contributed by atoms with Gasteiger partial charge in [0.25, 0.3) is 0 Å². The average Bonchev–Trinajstić information content (AvgIpc) is 2.81. The van der Waals surface area contributed by atoms with Gasteiger partial charge in [0, 0.05) is 18.4 Å². The van der Waals surface area contributed by atoms with E-state index in [1.165, 1.54) is 31.4 Å². The molecule has 1 fully saturated rings. The number of rotatable bonds is 4. The van der Waals surface area contributed by atoms with Crippen molar-refractivity contribution in [3.8, 4) is 0 Å². The molecule has 2 heterocycles. The second-order valence-electron chi connectivity index (χ2n) is 5.06. The van der Waals surface area contributed by atoms with Crippen molar-refractivity contribution in [1.29, 1.82) is 0 Å². The molecule has 0 unspecified atom stereocenters. The van der Waals surface area contributed by atoms with Crippen LogP contribution in [0.4, 0.5) is 0 Å². The summed E-state index contributed by atoms with van der Waals surface area (Å²) in [5.74, 6) is 0.823. The van der Waals surface area contributed by atoms with Gasteiger partial charge >= 0.3 is 0 Å². The molecule has 1 aromatic heterocycles. The minimum absolute atomic E-state index is 0.0694. The molecule has 1 aliphatic rings. The van der Waals surface area contributed by atoms with E-state index >= 15 is 0 Å². The second-order valence-corrected chi connectivity index (χ2v) is 5.06. The van der Waals surface area contributed by atoms with Crippen molar-refractivity contribution in [3.05, 3.63) is 30.1 Å². The molecule has 108 valence electrons. The van der Waals surface area contributed by atoms with Gasteiger partial charge in [0.1, 0.15) is 0 Å². The number of pyridine rings is 1. The Morgan fingerprint density at radius 2 is 2.26 bits per heavy atom. The van der Waals surface area contributed by atoms with Crippen molar-refractivity contribution in [3.63, 3.8) is 0 Å². The molecule has 2 atom stereocenters. The van der Waals surface area contributed by atoms with Crippen molar-refractivity contribution >= 4 is 0 Å². The first kappa shape index (κ1) is 16.1. The molecule has 4 heteroatoms. The maximum atomic E-state index is 7.76. The van der Waals surface area contributed by atoms with Gasteiger partial charge in [0.15, 0.2) is 0 Å². The molecule has 1 aromatic rings. The first-order valence-electron chi connectivity index (χ1n) is 7.10. The topological polar surface area (TPSA) is 48.4 Å². The molecule has 2 rings (SSSR count). The van der Waals surface area contributed by atoms with Crippen LogP contribution in [0, 0.1) is 5.92 Å². The monoisotopic (exact) mass is 265 g/mol. The quantitative estimate of drug-likeness (QED) is 0.818. The first-order valence-corrected chi connectivity index (χ1v) is 7.10. The van der Waals surface area contributed by atoms with Gasteiger partial charge in [-0.05, 0) is 51.0 Å². The summed E-state index contributed by atoms with van der Waals surface area (Å²) in [7, 11) is 3.91. The van der Waals surface area contributed by atoms with Crippen molar-refractivity contribution in [1.82, 2.24) is 15.2 Å². The summed E-state index contributed by atoms with van der Waals surface area (Å²) < 4.78 is 0. The van der Waals surface area contributed by atoms with E-state index in [1.54, 1.807) is 7.05 Å². The molecule has 19 heavy (non-hydrogen) atoms. The van der Waals surface area contributed by atoms with Crippen LogP contribution in [-0.2, 0) is 0 Å². The largest absolute Gasteiger partial charge is 0.381 e. The number of nitrogens with zero attached hydrogens (tertiary/aromatic N) is 2. The number of hydrogen-bond acceptors (Lipinski definition) is 4. The molecule has 4 nitrogen and oxygen atoms in total. The van der Waals surface area contributed by atoms with Gasteiger partial charge in [-0.25, -0.2) is 0 Å². The minimum atomic E-state index is 0.0694. The molecule has 1 saturated heterocycles. The lowest BCUT2D eigenvalue weighted by atomic mass is 9.91. The highest BCUT2D eigenvalue weighted by atomic mass is 16.3. The van der Waals surface area contributed by atoms with Gasteiger partial charge in [0.05, 0.1) is 6.73 Å². The molecule has 0 aromatic carbocycles. The van der Waals surface area contributed by atoms with Gasteiger partial charge in [-0.1, -0.05) is 19.4 Å². The van der Waals surface area contributed by atoms with Crippen LogP contribution in [0.5, 0.6) is 0 Å². The SMILES string of the molecule is CCC[C@@H]1CCN(C)[C@H]1c1cccnc1.CNCO. The number of likely N-dealkylation sites (tertiary alicyclic amines) is 1. The van der Waals surface area contributed by atoms with Crippen LogP contribution in [0.3, 0.4) is 0 Å². The summed E-state index contributed by atoms with van der Waals surface area (Å²) in [4.78, 5) is 6.70. The van der Waals surface area contributed by atoms with Gasteiger partial charge in [0.2, 0.25) is 0 Å². The lowest BCUT2D eigenvalue weighted by molar-refractivity contribution is 0.268. The van der Waals surface area contributed by atoms with Gasteiger partial charge in [-0.15, -0.1) is 0 Å². The highest BCUT2D eigenvalue weighted by molar-refractivity contribution is 5.16. The number of hydrogen-bond donors (Lipinski definition) is 2. The Hall–Kier alpha value is -0.970. The van der Waals surface area contributed by atoms with Crippen LogP contribution in [0.2, 0.25) is 0 Å². The summed E-state index contributed by atoms with van der Waals surface area (Å²) in [5.41, 5.74) is 1.39. The minimum Gasteiger partial charge on any atom is -0.381 e. The molecule has 1 aliphatic heterocycles. The molecule has 0 bridgehead atoms.